The van der Waals surface area contributed by atoms with Gasteiger partial charge in [-0.1, -0.05) is 84.9 Å². The van der Waals surface area contributed by atoms with Gasteiger partial charge in [-0.15, -0.1) is 0 Å². The predicted octanol–water partition coefficient (Wildman–Crippen LogP) is 6.72. The van der Waals surface area contributed by atoms with Crippen LogP contribution in [0.15, 0.2) is 132 Å². The number of ether oxygens (including phenoxy) is 1. The Morgan fingerprint density at radius 2 is 1.40 bits per heavy atom. The van der Waals surface area contributed by atoms with Gasteiger partial charge in [0, 0.05) is 11.6 Å². The van der Waals surface area contributed by atoms with Crippen molar-refractivity contribution in [3.05, 3.63) is 144 Å². The molecule has 0 atom stereocenters. The monoisotopic (exact) mass is 457 g/mol. The van der Waals surface area contributed by atoms with Crippen LogP contribution in [0.4, 0.5) is 5.69 Å². The number of allylic oxidation sites excluding steroid dienone is 2. The molecule has 170 valence electrons. The summed E-state index contributed by atoms with van der Waals surface area (Å²) in [6.45, 7) is 1.46. The quantitative estimate of drug-likeness (QED) is 0.265. The zero-order chi connectivity index (χ0) is 23.5. The molecular weight excluding hydrogens is 432 g/mol. The second kappa shape index (κ2) is 9.35. The Kier molecular flexibility index (Phi) is 5.61. The maximum atomic E-state index is 6.21. The maximum absolute atomic E-state index is 6.21. The van der Waals surface area contributed by atoms with Gasteiger partial charge in [-0.2, -0.15) is 4.57 Å². The molecule has 4 heteroatoms. The lowest BCUT2D eigenvalue weighted by atomic mass is 10.2. The first-order valence-corrected chi connectivity index (χ1v) is 11.8. The van der Waals surface area contributed by atoms with Crippen LogP contribution in [0.2, 0.25) is 0 Å². The van der Waals surface area contributed by atoms with Crippen LogP contribution in [0.25, 0.3) is 17.2 Å². The van der Waals surface area contributed by atoms with Crippen LogP contribution in [0.5, 0.6) is 5.75 Å². The molecule has 2 heterocycles. The van der Waals surface area contributed by atoms with Crippen molar-refractivity contribution in [1.29, 1.82) is 0 Å². The fourth-order valence-electron chi connectivity index (χ4n) is 4.42. The van der Waals surface area contributed by atoms with E-state index in [2.05, 4.69) is 70.1 Å². The van der Waals surface area contributed by atoms with E-state index in [0.717, 1.165) is 47.4 Å². The van der Waals surface area contributed by atoms with Crippen LogP contribution in [0.3, 0.4) is 0 Å². The summed E-state index contributed by atoms with van der Waals surface area (Å²) >= 11 is 0. The number of nitrogens with zero attached hydrogens (tertiary/aromatic N) is 2. The van der Waals surface area contributed by atoms with Crippen LogP contribution in [0, 0.1) is 0 Å². The molecule has 0 unspecified atom stereocenters. The number of hydrogen-bond acceptors (Lipinski definition) is 3. The van der Waals surface area contributed by atoms with Gasteiger partial charge in [0.25, 0.3) is 5.52 Å². The molecule has 0 amide bonds. The minimum Gasteiger partial charge on any atom is -0.439 e. The molecule has 4 aromatic carbocycles. The molecule has 35 heavy (non-hydrogen) atoms. The number of aromatic nitrogens is 1. The molecule has 5 aromatic rings. The van der Waals surface area contributed by atoms with E-state index in [0.29, 0.717) is 0 Å². The zero-order valence-corrected chi connectivity index (χ0v) is 19.2. The summed E-state index contributed by atoms with van der Waals surface area (Å²) < 4.78 is 14.6. The number of benzene rings is 4. The molecule has 0 saturated heterocycles. The van der Waals surface area contributed by atoms with Gasteiger partial charge in [0.15, 0.2) is 12.3 Å². The fraction of sp³-hybridized carbons (Fsp3) is 0.0645. The summed E-state index contributed by atoms with van der Waals surface area (Å²) in [7, 11) is 0. The van der Waals surface area contributed by atoms with E-state index >= 15 is 0 Å². The van der Waals surface area contributed by atoms with Crippen LogP contribution in [-0.4, -0.2) is 0 Å². The number of rotatable bonds is 6. The molecule has 0 spiro atoms. The Labute approximate surface area is 204 Å². The van der Waals surface area contributed by atoms with Crippen molar-refractivity contribution in [3.63, 3.8) is 0 Å². The fourth-order valence-corrected chi connectivity index (χ4v) is 4.42. The SMILES string of the molecule is C(=Cc1oc2ccccc2[n+]1Cc1ccccc1)C=C1Oc2ccccc2N1Cc1ccccc1. The van der Waals surface area contributed by atoms with Crippen molar-refractivity contribution in [2.24, 2.45) is 0 Å². The van der Waals surface area contributed by atoms with E-state index in [1.165, 1.54) is 11.1 Å². The van der Waals surface area contributed by atoms with Crippen LogP contribution in [-0.2, 0) is 13.1 Å². The molecule has 0 saturated carbocycles. The highest BCUT2D eigenvalue weighted by Gasteiger charge is 2.26. The second-order valence-electron chi connectivity index (χ2n) is 8.49. The molecule has 4 nitrogen and oxygen atoms in total. The van der Waals surface area contributed by atoms with Crippen LogP contribution < -0.4 is 14.2 Å². The van der Waals surface area contributed by atoms with Gasteiger partial charge in [-0.3, -0.25) is 0 Å². The van der Waals surface area contributed by atoms with E-state index in [9.17, 15) is 0 Å². The average Bonchev–Trinajstić information content (AvgIpc) is 3.43. The highest BCUT2D eigenvalue weighted by molar-refractivity contribution is 5.70. The lowest BCUT2D eigenvalue weighted by Crippen LogP contribution is -2.35. The molecule has 0 bridgehead atoms. The summed E-state index contributed by atoms with van der Waals surface area (Å²) in [4.78, 5) is 2.20. The Bertz CT molecular complexity index is 1520. The van der Waals surface area contributed by atoms with Crippen molar-refractivity contribution in [2.75, 3.05) is 4.90 Å². The van der Waals surface area contributed by atoms with E-state index in [4.69, 9.17) is 9.15 Å². The third-order valence-corrected chi connectivity index (χ3v) is 6.12. The number of para-hydroxylation sites is 4. The van der Waals surface area contributed by atoms with Crippen LogP contribution in [0.1, 0.15) is 17.0 Å². The lowest BCUT2D eigenvalue weighted by molar-refractivity contribution is -0.669. The molecule has 1 aliphatic heterocycles. The molecule has 0 aliphatic carbocycles. The normalized spacial score (nSPS) is 14.1. The Morgan fingerprint density at radius 3 is 2.23 bits per heavy atom. The summed E-state index contributed by atoms with van der Waals surface area (Å²) in [5, 5.41) is 0. The van der Waals surface area contributed by atoms with Gasteiger partial charge in [-0.05, 0) is 35.9 Å². The number of hydrogen-bond donors (Lipinski definition) is 0. The van der Waals surface area contributed by atoms with Crippen molar-refractivity contribution >= 4 is 22.9 Å². The van der Waals surface area contributed by atoms with Gasteiger partial charge in [0.05, 0.1) is 18.3 Å². The maximum Gasteiger partial charge on any atom is 0.374 e. The highest BCUT2D eigenvalue weighted by atomic mass is 16.5. The summed E-state index contributed by atoms with van der Waals surface area (Å²) in [6.07, 6.45) is 6.00. The summed E-state index contributed by atoms with van der Waals surface area (Å²) in [5.74, 6) is 2.44. The molecular formula is C31H25N2O2+. The molecule has 0 fully saturated rings. The van der Waals surface area contributed by atoms with Crippen LogP contribution >= 0.6 is 0 Å². The van der Waals surface area contributed by atoms with E-state index < -0.39 is 0 Å². The van der Waals surface area contributed by atoms with E-state index in [1.54, 1.807) is 0 Å². The van der Waals surface area contributed by atoms with Gasteiger partial charge in [0.2, 0.25) is 11.5 Å². The number of fused-ring (bicyclic) bond motifs is 2. The largest absolute Gasteiger partial charge is 0.439 e. The van der Waals surface area contributed by atoms with Gasteiger partial charge < -0.3 is 14.1 Å². The van der Waals surface area contributed by atoms with Gasteiger partial charge >= 0.3 is 5.89 Å². The van der Waals surface area contributed by atoms with Crippen molar-refractivity contribution in [3.8, 4) is 5.75 Å². The molecule has 6 rings (SSSR count). The first-order valence-electron chi connectivity index (χ1n) is 11.8. The smallest absolute Gasteiger partial charge is 0.374 e. The molecule has 1 aromatic heterocycles. The molecule has 0 radical (unpaired) electrons. The highest BCUT2D eigenvalue weighted by Crippen LogP contribution is 2.39. The minimum atomic E-state index is 0.732. The first-order chi connectivity index (χ1) is 17.3. The second-order valence-corrected chi connectivity index (χ2v) is 8.49. The zero-order valence-electron chi connectivity index (χ0n) is 19.2. The Balaban J connectivity index is 1.33. The predicted molar refractivity (Wildman–Crippen MR) is 139 cm³/mol. The minimum absolute atomic E-state index is 0.732. The third kappa shape index (κ3) is 4.34. The van der Waals surface area contributed by atoms with Gasteiger partial charge in [-0.25, -0.2) is 0 Å². The standard InChI is InChI=1S/C31H25N2O2/c1-3-12-24(13-4-1)22-32-26-16-7-9-18-28(26)34-30(32)20-11-21-31-33(23-25-14-5-2-6-15-25)27-17-8-10-19-29(27)35-31/h1-21H,22-23H2/q+1. The first kappa shape index (κ1) is 21.0. The Morgan fingerprint density at radius 1 is 0.714 bits per heavy atom. The summed E-state index contributed by atoms with van der Waals surface area (Å²) in [6, 6.07) is 37.1. The Hall–Kier alpha value is -4.57. The van der Waals surface area contributed by atoms with E-state index in [-0.39, 0.29) is 0 Å². The van der Waals surface area contributed by atoms with Crippen molar-refractivity contribution in [2.45, 2.75) is 13.1 Å². The lowest BCUT2D eigenvalue weighted by Gasteiger charge is -2.18. The third-order valence-electron chi connectivity index (χ3n) is 6.12. The summed E-state index contributed by atoms with van der Waals surface area (Å²) in [5.41, 5.74) is 5.45. The topological polar surface area (TPSA) is 29.5 Å². The van der Waals surface area contributed by atoms with E-state index in [1.807, 2.05) is 66.8 Å². The molecule has 1 aliphatic rings. The van der Waals surface area contributed by atoms with Crippen molar-refractivity contribution in [1.82, 2.24) is 0 Å². The van der Waals surface area contributed by atoms with Crippen molar-refractivity contribution < 1.29 is 13.7 Å². The number of oxazole rings is 1. The average molecular weight is 458 g/mol. The number of anilines is 1. The van der Waals surface area contributed by atoms with Gasteiger partial charge in [0.1, 0.15) is 0 Å². The molecule has 0 N–H and O–H groups in total.